The molecule has 4 rings (SSSR count). The van der Waals surface area contributed by atoms with Gasteiger partial charge >= 0.3 is 6.18 Å². The number of hydrogen-bond donors (Lipinski definition) is 1. The van der Waals surface area contributed by atoms with Crippen molar-refractivity contribution in [2.75, 3.05) is 0 Å². The number of furan rings is 1. The molecule has 0 bridgehead atoms. The predicted octanol–water partition coefficient (Wildman–Crippen LogP) is 4.43. The summed E-state index contributed by atoms with van der Waals surface area (Å²) in [5.41, 5.74) is 5.84. The van der Waals surface area contributed by atoms with E-state index in [1.807, 2.05) is 0 Å². The summed E-state index contributed by atoms with van der Waals surface area (Å²) < 4.78 is 48.7. The smallest absolute Gasteiger partial charge is 0.416 e. The molecule has 2 aromatic heterocycles. The first-order valence-corrected chi connectivity index (χ1v) is 7.79. The molecular formula is C17H14F3N3O2. The number of aromatic nitrogens is 2. The number of benzene rings is 1. The topological polar surface area (TPSA) is 78.1 Å². The molecule has 1 fully saturated rings. The van der Waals surface area contributed by atoms with E-state index in [4.69, 9.17) is 14.7 Å². The molecule has 1 saturated carbocycles. The quantitative estimate of drug-likeness (QED) is 0.754. The zero-order valence-electron chi connectivity index (χ0n) is 13.0. The van der Waals surface area contributed by atoms with Crippen LogP contribution in [-0.2, 0) is 6.18 Å². The maximum absolute atomic E-state index is 12.6. The molecule has 1 unspecified atom stereocenters. The Morgan fingerprint density at radius 3 is 2.36 bits per heavy atom. The Hall–Kier alpha value is -2.61. The van der Waals surface area contributed by atoms with E-state index in [2.05, 4.69) is 10.1 Å². The van der Waals surface area contributed by atoms with Gasteiger partial charge in [0.05, 0.1) is 11.6 Å². The van der Waals surface area contributed by atoms with Crippen LogP contribution in [0.1, 0.15) is 30.3 Å². The number of halogens is 3. The van der Waals surface area contributed by atoms with E-state index < -0.39 is 11.7 Å². The van der Waals surface area contributed by atoms with Crippen molar-refractivity contribution >= 4 is 0 Å². The number of nitrogens with two attached hydrogens (primary N) is 1. The van der Waals surface area contributed by atoms with Gasteiger partial charge in [-0.1, -0.05) is 17.3 Å². The third kappa shape index (κ3) is 3.17. The van der Waals surface area contributed by atoms with Gasteiger partial charge in [0.1, 0.15) is 5.76 Å². The fraction of sp³-hybridized carbons (Fsp3) is 0.294. The summed E-state index contributed by atoms with van der Waals surface area (Å²) in [5, 5.41) is 3.88. The highest BCUT2D eigenvalue weighted by molar-refractivity contribution is 5.61. The van der Waals surface area contributed by atoms with E-state index in [1.54, 1.807) is 12.1 Å². The lowest BCUT2D eigenvalue weighted by atomic mass is 10.1. The lowest BCUT2D eigenvalue weighted by Crippen LogP contribution is -2.13. The molecule has 1 aliphatic rings. The lowest BCUT2D eigenvalue weighted by Gasteiger charge is -2.06. The van der Waals surface area contributed by atoms with Gasteiger partial charge in [0, 0.05) is 5.56 Å². The third-order valence-corrected chi connectivity index (χ3v) is 4.18. The van der Waals surface area contributed by atoms with E-state index in [0.717, 1.165) is 25.0 Å². The van der Waals surface area contributed by atoms with Gasteiger partial charge in [0.2, 0.25) is 0 Å². The van der Waals surface area contributed by atoms with Crippen LogP contribution in [0.4, 0.5) is 13.2 Å². The molecule has 8 heteroatoms. The van der Waals surface area contributed by atoms with Crippen LogP contribution in [0.5, 0.6) is 0 Å². The molecule has 0 amide bonds. The fourth-order valence-corrected chi connectivity index (χ4v) is 2.57. The minimum Gasteiger partial charge on any atom is -0.451 e. The zero-order valence-corrected chi connectivity index (χ0v) is 13.0. The molecule has 0 spiro atoms. The standard InChI is InChI=1S/C17H14F3N3O2/c18-17(19,20)11-5-3-9(4-6-11)12-7-8-13(24-12)16-22-15(23-25-16)14(21)10-1-2-10/h3-8,10,14H,1-2,21H2. The average molecular weight is 349 g/mol. The molecule has 1 aliphatic carbocycles. The summed E-state index contributed by atoms with van der Waals surface area (Å²) in [6.07, 6.45) is -2.25. The van der Waals surface area contributed by atoms with Crippen molar-refractivity contribution in [2.24, 2.45) is 11.7 Å². The fourth-order valence-electron chi connectivity index (χ4n) is 2.57. The first-order valence-electron chi connectivity index (χ1n) is 7.79. The Labute approximate surface area is 140 Å². The van der Waals surface area contributed by atoms with Crippen molar-refractivity contribution in [2.45, 2.75) is 25.1 Å². The van der Waals surface area contributed by atoms with Crippen LogP contribution in [0, 0.1) is 5.92 Å². The Morgan fingerprint density at radius 2 is 1.72 bits per heavy atom. The van der Waals surface area contributed by atoms with Crippen molar-refractivity contribution in [1.82, 2.24) is 10.1 Å². The molecule has 130 valence electrons. The van der Waals surface area contributed by atoms with Crippen molar-refractivity contribution in [3.63, 3.8) is 0 Å². The molecule has 2 N–H and O–H groups in total. The van der Waals surface area contributed by atoms with Crippen molar-refractivity contribution in [3.05, 3.63) is 47.8 Å². The van der Waals surface area contributed by atoms with Gasteiger partial charge in [-0.05, 0) is 43.0 Å². The van der Waals surface area contributed by atoms with Gasteiger partial charge in [0.25, 0.3) is 5.89 Å². The van der Waals surface area contributed by atoms with Crippen LogP contribution in [-0.4, -0.2) is 10.1 Å². The summed E-state index contributed by atoms with van der Waals surface area (Å²) in [7, 11) is 0. The number of nitrogens with zero attached hydrogens (tertiary/aromatic N) is 2. The second-order valence-corrected chi connectivity index (χ2v) is 6.06. The highest BCUT2D eigenvalue weighted by Gasteiger charge is 2.33. The van der Waals surface area contributed by atoms with Crippen LogP contribution >= 0.6 is 0 Å². The van der Waals surface area contributed by atoms with E-state index in [1.165, 1.54) is 12.1 Å². The van der Waals surface area contributed by atoms with Gasteiger partial charge in [-0.3, -0.25) is 0 Å². The Balaban J connectivity index is 1.56. The number of hydrogen-bond acceptors (Lipinski definition) is 5. The Bertz CT molecular complexity index is 879. The Kier molecular flexibility index (Phi) is 3.64. The second kappa shape index (κ2) is 5.73. The summed E-state index contributed by atoms with van der Waals surface area (Å²) in [6, 6.07) is 7.76. The summed E-state index contributed by atoms with van der Waals surface area (Å²) in [6.45, 7) is 0. The average Bonchev–Trinajstić information content (AvgIpc) is 3.11. The minimum atomic E-state index is -4.37. The van der Waals surface area contributed by atoms with Crippen molar-refractivity contribution in [1.29, 1.82) is 0 Å². The summed E-state index contributed by atoms with van der Waals surface area (Å²) in [5.74, 6) is 1.78. The summed E-state index contributed by atoms with van der Waals surface area (Å²) in [4.78, 5) is 4.25. The monoisotopic (exact) mass is 349 g/mol. The molecule has 1 aromatic carbocycles. The van der Waals surface area contributed by atoms with Gasteiger partial charge in [-0.15, -0.1) is 0 Å². The van der Waals surface area contributed by atoms with E-state index in [-0.39, 0.29) is 11.9 Å². The van der Waals surface area contributed by atoms with Crippen LogP contribution in [0.15, 0.2) is 45.3 Å². The van der Waals surface area contributed by atoms with E-state index >= 15 is 0 Å². The van der Waals surface area contributed by atoms with Gasteiger partial charge in [-0.2, -0.15) is 18.2 Å². The number of rotatable bonds is 4. The van der Waals surface area contributed by atoms with Crippen LogP contribution in [0.3, 0.4) is 0 Å². The maximum Gasteiger partial charge on any atom is 0.416 e. The molecule has 5 nitrogen and oxygen atoms in total. The van der Waals surface area contributed by atoms with Gasteiger partial charge in [-0.25, -0.2) is 0 Å². The second-order valence-electron chi connectivity index (χ2n) is 6.06. The summed E-state index contributed by atoms with van der Waals surface area (Å²) >= 11 is 0. The van der Waals surface area contributed by atoms with E-state index in [9.17, 15) is 13.2 Å². The third-order valence-electron chi connectivity index (χ3n) is 4.18. The van der Waals surface area contributed by atoms with Crippen LogP contribution in [0.25, 0.3) is 23.0 Å². The van der Waals surface area contributed by atoms with Crippen molar-refractivity contribution < 1.29 is 22.1 Å². The SMILES string of the molecule is NC(c1noc(-c2ccc(-c3ccc(C(F)(F)F)cc3)o2)n1)C1CC1. The normalized spacial score (nSPS) is 16.2. The highest BCUT2D eigenvalue weighted by Crippen LogP contribution is 2.39. The first kappa shape index (κ1) is 15.9. The van der Waals surface area contributed by atoms with Gasteiger partial charge < -0.3 is 14.7 Å². The molecule has 1 atom stereocenters. The molecular weight excluding hydrogens is 335 g/mol. The molecule has 0 aliphatic heterocycles. The predicted molar refractivity (Wildman–Crippen MR) is 82.1 cm³/mol. The molecule has 3 aromatic rings. The number of alkyl halides is 3. The highest BCUT2D eigenvalue weighted by atomic mass is 19.4. The molecule has 2 heterocycles. The zero-order chi connectivity index (χ0) is 17.6. The first-order chi connectivity index (χ1) is 11.9. The minimum absolute atomic E-state index is 0.198. The lowest BCUT2D eigenvalue weighted by molar-refractivity contribution is -0.137. The van der Waals surface area contributed by atoms with Gasteiger partial charge in [0.15, 0.2) is 11.6 Å². The molecule has 0 radical (unpaired) electrons. The largest absolute Gasteiger partial charge is 0.451 e. The van der Waals surface area contributed by atoms with Crippen LogP contribution < -0.4 is 5.73 Å². The van der Waals surface area contributed by atoms with Crippen molar-refractivity contribution in [3.8, 4) is 23.0 Å². The van der Waals surface area contributed by atoms with Crippen LogP contribution in [0.2, 0.25) is 0 Å². The molecule has 0 saturated heterocycles. The Morgan fingerprint density at radius 1 is 1.04 bits per heavy atom. The van der Waals surface area contributed by atoms with E-state index in [0.29, 0.717) is 28.8 Å². The molecule has 25 heavy (non-hydrogen) atoms. The maximum atomic E-state index is 12.6.